The minimum absolute atomic E-state index is 0.0498. The highest BCUT2D eigenvalue weighted by Gasteiger charge is 2.16. The lowest BCUT2D eigenvalue weighted by Gasteiger charge is -2.10. The molecule has 1 rings (SSSR count). The Hall–Kier alpha value is -5.49. The van der Waals surface area contributed by atoms with Crippen LogP contribution < -0.4 is 10.1 Å². The van der Waals surface area contributed by atoms with Crippen molar-refractivity contribution in [3.63, 3.8) is 0 Å². The molecule has 0 aliphatic heterocycles. The van der Waals surface area contributed by atoms with Crippen molar-refractivity contribution < 1.29 is 24.2 Å². The molecule has 0 aliphatic carbocycles. The summed E-state index contributed by atoms with van der Waals surface area (Å²) >= 11 is 0. The Morgan fingerprint density at radius 3 is 1.18 bits per heavy atom. The van der Waals surface area contributed by atoms with Crippen molar-refractivity contribution >= 4 is 23.5 Å². The zero-order valence-corrected chi connectivity index (χ0v) is 34.5. The zero-order chi connectivity index (χ0) is 41.3. The van der Waals surface area contributed by atoms with E-state index in [2.05, 4.69) is 141 Å². The van der Waals surface area contributed by atoms with Crippen molar-refractivity contribution in [1.82, 2.24) is 0 Å². The van der Waals surface area contributed by atoms with Gasteiger partial charge in [0, 0.05) is 18.5 Å². The quantitative estimate of drug-likeness (QED) is 0.0445. The molecule has 0 bridgehead atoms. The number of carbonyl (C=O) groups is 3. The van der Waals surface area contributed by atoms with E-state index in [1.807, 2.05) is 24.3 Å². The lowest BCUT2D eigenvalue weighted by atomic mass is 10.1. The maximum absolute atomic E-state index is 12.5. The largest absolute Gasteiger partial charge is 0.478 e. The number of carboxylic acids is 1. The second kappa shape index (κ2) is 37.4. The molecule has 0 unspecified atom stereocenters. The molecule has 0 saturated carbocycles. The number of aromatic carboxylic acids is 1. The topological polar surface area (TPSA) is 92.7 Å². The minimum Gasteiger partial charge on any atom is -0.478 e. The minimum atomic E-state index is -1.25. The van der Waals surface area contributed by atoms with Gasteiger partial charge in [0.2, 0.25) is 5.91 Å². The number of ether oxygens (including phenoxy) is 1. The van der Waals surface area contributed by atoms with Crippen molar-refractivity contribution in [3.05, 3.63) is 170 Å². The van der Waals surface area contributed by atoms with Gasteiger partial charge in [-0.15, -0.1) is 0 Å². The van der Waals surface area contributed by atoms with E-state index in [1.165, 1.54) is 18.2 Å². The first-order chi connectivity index (χ1) is 28.0. The average Bonchev–Trinajstić information content (AvgIpc) is 3.20. The predicted molar refractivity (Wildman–Crippen MR) is 243 cm³/mol. The van der Waals surface area contributed by atoms with Crippen LogP contribution in [0.25, 0.3) is 0 Å². The van der Waals surface area contributed by atoms with Crippen LogP contribution >= 0.6 is 0 Å². The third-order valence-corrected chi connectivity index (χ3v) is 7.96. The van der Waals surface area contributed by atoms with Crippen LogP contribution in [0, 0.1) is 0 Å². The van der Waals surface area contributed by atoms with Gasteiger partial charge >= 0.3 is 11.9 Å². The van der Waals surface area contributed by atoms with E-state index < -0.39 is 11.9 Å². The van der Waals surface area contributed by atoms with E-state index >= 15 is 0 Å². The first-order valence-corrected chi connectivity index (χ1v) is 20.7. The summed E-state index contributed by atoms with van der Waals surface area (Å²) in [5.41, 5.74) is 0.143. The Kier molecular flexibility index (Phi) is 32.5. The molecule has 0 fully saturated rings. The molecule has 0 spiro atoms. The van der Waals surface area contributed by atoms with Crippen LogP contribution in [-0.2, 0) is 9.59 Å². The van der Waals surface area contributed by atoms with Crippen LogP contribution in [0.3, 0.4) is 0 Å². The van der Waals surface area contributed by atoms with Gasteiger partial charge in [0.25, 0.3) is 0 Å². The molecule has 1 aromatic rings. The number of carbonyl (C=O) groups excluding carboxylic acids is 2. The van der Waals surface area contributed by atoms with E-state index in [0.29, 0.717) is 18.5 Å². The van der Waals surface area contributed by atoms with Gasteiger partial charge in [0.05, 0.1) is 0 Å². The fourth-order valence-corrected chi connectivity index (χ4v) is 4.96. The average molecular weight is 774 g/mol. The van der Waals surface area contributed by atoms with Gasteiger partial charge in [0.15, 0.2) is 0 Å². The number of amides is 1. The molecule has 1 aromatic carbocycles. The number of rotatable bonds is 31. The van der Waals surface area contributed by atoms with E-state index in [0.717, 1.165) is 77.0 Å². The first kappa shape index (κ1) is 49.5. The molecule has 57 heavy (non-hydrogen) atoms. The number of carboxylic acid groups (broad SMARTS) is 1. The van der Waals surface area contributed by atoms with Gasteiger partial charge in [-0.2, -0.15) is 0 Å². The predicted octanol–water partition coefficient (Wildman–Crippen LogP) is 14.2. The standard InChI is InChI=1S/C51H67NO5/c1-3-5-7-9-11-13-15-17-19-21-23-25-27-29-31-33-35-37-39-41-49(53)52-46-43-44-48(47(45-46)51(55)56)57-50(54)42-40-38-36-34-32-30-28-26-24-22-20-18-16-14-12-10-8-6-4-2/h5-8,11-14,17-20,23-26,29-32,35-38,43-45H,3-4,9-10,15-16,21-22,27-28,33-34,39-42H2,1-2H3,(H,52,53)(H,55,56). The maximum Gasteiger partial charge on any atom is 0.339 e. The smallest absolute Gasteiger partial charge is 0.339 e. The number of esters is 1. The van der Waals surface area contributed by atoms with Crippen molar-refractivity contribution in [2.75, 3.05) is 5.32 Å². The van der Waals surface area contributed by atoms with Crippen molar-refractivity contribution in [2.45, 2.75) is 117 Å². The molecule has 306 valence electrons. The van der Waals surface area contributed by atoms with E-state index in [4.69, 9.17) is 4.74 Å². The molecule has 0 heterocycles. The summed E-state index contributed by atoms with van der Waals surface area (Å²) in [6, 6.07) is 4.25. The lowest BCUT2D eigenvalue weighted by Crippen LogP contribution is -2.13. The van der Waals surface area contributed by atoms with Gasteiger partial charge in [-0.1, -0.05) is 160 Å². The molecular weight excluding hydrogens is 707 g/mol. The third-order valence-electron chi connectivity index (χ3n) is 7.96. The fourth-order valence-electron chi connectivity index (χ4n) is 4.96. The Labute approximate surface area is 344 Å². The highest BCUT2D eigenvalue weighted by molar-refractivity contribution is 5.96. The molecule has 6 nitrogen and oxygen atoms in total. The first-order valence-electron chi connectivity index (χ1n) is 20.7. The van der Waals surface area contributed by atoms with Gasteiger partial charge in [-0.3, -0.25) is 9.59 Å². The Bertz CT molecular complexity index is 1620. The van der Waals surface area contributed by atoms with E-state index in [-0.39, 0.29) is 30.1 Å². The number of hydrogen-bond acceptors (Lipinski definition) is 4. The highest BCUT2D eigenvalue weighted by atomic mass is 16.5. The lowest BCUT2D eigenvalue weighted by molar-refractivity contribution is -0.134. The van der Waals surface area contributed by atoms with Gasteiger partial charge in [-0.05, 0) is 108 Å². The van der Waals surface area contributed by atoms with Crippen LogP contribution in [-0.4, -0.2) is 23.0 Å². The fraction of sp³-hybridized carbons (Fsp3) is 0.353. The normalized spacial score (nSPS) is 12.9. The molecule has 0 saturated heterocycles. The van der Waals surface area contributed by atoms with Crippen LogP contribution in [0.1, 0.15) is 127 Å². The highest BCUT2D eigenvalue weighted by Crippen LogP contribution is 2.24. The maximum atomic E-state index is 12.5. The SMILES string of the molecule is CCC=CCC=CCC=CCC=CCC=CCC=CCCC(=O)Nc1ccc(OC(=O)CCC=CCC=CCC=CCC=CCC=CCC=CCC)c(C(=O)O)c1. The monoisotopic (exact) mass is 774 g/mol. The summed E-state index contributed by atoms with van der Waals surface area (Å²) in [4.78, 5) is 36.8. The zero-order valence-electron chi connectivity index (χ0n) is 34.5. The van der Waals surface area contributed by atoms with E-state index in [9.17, 15) is 19.5 Å². The Balaban J connectivity index is 2.26. The van der Waals surface area contributed by atoms with Crippen LogP contribution in [0.15, 0.2) is 164 Å². The van der Waals surface area contributed by atoms with Gasteiger partial charge < -0.3 is 15.2 Å². The number of anilines is 1. The molecule has 0 aromatic heterocycles. The van der Waals surface area contributed by atoms with E-state index in [1.54, 1.807) is 0 Å². The number of hydrogen-bond donors (Lipinski definition) is 2. The summed E-state index contributed by atoms with van der Waals surface area (Å²) in [6.07, 6.45) is 63.8. The molecule has 0 radical (unpaired) electrons. The molecule has 0 atom stereocenters. The van der Waals surface area contributed by atoms with Gasteiger partial charge in [-0.25, -0.2) is 4.79 Å². The second-order valence-electron chi connectivity index (χ2n) is 12.9. The molecule has 0 aliphatic rings. The van der Waals surface area contributed by atoms with Gasteiger partial charge in [0.1, 0.15) is 11.3 Å². The Morgan fingerprint density at radius 2 is 0.825 bits per heavy atom. The summed E-state index contributed by atoms with van der Waals surface area (Å²) in [6.45, 7) is 4.28. The number of benzene rings is 1. The van der Waals surface area contributed by atoms with Crippen molar-refractivity contribution in [3.8, 4) is 5.75 Å². The summed E-state index contributed by atoms with van der Waals surface area (Å²) < 4.78 is 5.35. The second-order valence-corrected chi connectivity index (χ2v) is 12.9. The molecule has 6 heteroatoms. The van der Waals surface area contributed by atoms with Crippen molar-refractivity contribution in [2.24, 2.45) is 0 Å². The molecule has 1 amide bonds. The molecule has 2 N–H and O–H groups in total. The van der Waals surface area contributed by atoms with Crippen LogP contribution in [0.5, 0.6) is 5.75 Å². The summed E-state index contributed by atoms with van der Waals surface area (Å²) in [7, 11) is 0. The number of allylic oxidation sites excluding steroid dienone is 24. The van der Waals surface area contributed by atoms with Crippen LogP contribution in [0.2, 0.25) is 0 Å². The summed E-state index contributed by atoms with van der Waals surface area (Å²) in [5, 5.41) is 12.4. The Morgan fingerprint density at radius 1 is 0.491 bits per heavy atom. The summed E-state index contributed by atoms with van der Waals surface area (Å²) in [5.74, 6) is -2.05. The number of nitrogens with one attached hydrogen (secondary N) is 1. The van der Waals surface area contributed by atoms with Crippen molar-refractivity contribution in [1.29, 1.82) is 0 Å². The third kappa shape index (κ3) is 31.4. The molecular formula is C51H67NO5. The van der Waals surface area contributed by atoms with Crippen LogP contribution in [0.4, 0.5) is 5.69 Å².